The van der Waals surface area contributed by atoms with E-state index in [1.54, 1.807) is 12.3 Å². The van der Waals surface area contributed by atoms with Gasteiger partial charge < -0.3 is 15.4 Å². The number of aromatic nitrogens is 1. The molecule has 110 valence electrons. The van der Waals surface area contributed by atoms with Crippen molar-refractivity contribution in [1.29, 1.82) is 0 Å². The largest absolute Gasteiger partial charge is 0.480 e. The highest BCUT2D eigenvalue weighted by Crippen LogP contribution is 2.26. The Morgan fingerprint density at radius 1 is 1.50 bits per heavy atom. The second kappa shape index (κ2) is 6.09. The lowest BCUT2D eigenvalue weighted by Gasteiger charge is -2.42. The van der Waals surface area contributed by atoms with Gasteiger partial charge in [-0.3, -0.25) is 14.5 Å². The Morgan fingerprint density at radius 2 is 2.20 bits per heavy atom. The summed E-state index contributed by atoms with van der Waals surface area (Å²) in [4.78, 5) is 27.7. The molecule has 0 aliphatic heterocycles. The van der Waals surface area contributed by atoms with E-state index >= 15 is 0 Å². The van der Waals surface area contributed by atoms with Gasteiger partial charge in [-0.1, -0.05) is 6.92 Å². The van der Waals surface area contributed by atoms with Crippen molar-refractivity contribution in [2.45, 2.75) is 38.8 Å². The molecule has 20 heavy (non-hydrogen) atoms. The first-order valence-corrected chi connectivity index (χ1v) is 6.92. The number of nitrogens with zero attached hydrogens (tertiary/aromatic N) is 1. The Balaban J connectivity index is 1.80. The minimum absolute atomic E-state index is 0.0616. The smallest absolute Gasteiger partial charge is 0.317 e. The molecule has 0 aromatic carbocycles. The molecule has 2 rings (SSSR count). The third-order valence-electron chi connectivity index (χ3n) is 3.91. The molecule has 1 aliphatic rings. The molecule has 0 bridgehead atoms. The lowest BCUT2D eigenvalue weighted by Crippen LogP contribution is -2.54. The van der Waals surface area contributed by atoms with Crippen molar-refractivity contribution in [3.05, 3.63) is 23.5 Å². The number of aliphatic carboxylic acids is 1. The average molecular weight is 279 g/mol. The summed E-state index contributed by atoms with van der Waals surface area (Å²) in [6.07, 6.45) is 3.38. The zero-order chi connectivity index (χ0) is 14.7. The molecular formula is C14H21N3O3. The van der Waals surface area contributed by atoms with Crippen LogP contribution in [0.15, 0.2) is 12.3 Å². The van der Waals surface area contributed by atoms with Crippen LogP contribution in [-0.4, -0.2) is 52.0 Å². The molecule has 1 amide bonds. The van der Waals surface area contributed by atoms with Crippen molar-refractivity contribution >= 4 is 11.9 Å². The number of carboxylic acids is 1. The van der Waals surface area contributed by atoms with Gasteiger partial charge in [-0.25, -0.2) is 0 Å². The summed E-state index contributed by atoms with van der Waals surface area (Å²) in [6, 6.07) is 2.17. The summed E-state index contributed by atoms with van der Waals surface area (Å²) in [7, 11) is 0. The van der Waals surface area contributed by atoms with Crippen LogP contribution in [0.4, 0.5) is 0 Å². The van der Waals surface area contributed by atoms with E-state index in [1.807, 2.05) is 18.7 Å². The van der Waals surface area contributed by atoms with E-state index in [0.717, 1.165) is 18.5 Å². The molecule has 1 aromatic rings. The second-order valence-electron chi connectivity index (χ2n) is 5.27. The van der Waals surface area contributed by atoms with Gasteiger partial charge in [-0.05, 0) is 32.4 Å². The first-order chi connectivity index (χ1) is 9.51. The van der Waals surface area contributed by atoms with Gasteiger partial charge in [0.1, 0.15) is 0 Å². The fraction of sp³-hybridized carbons (Fsp3) is 0.571. The zero-order valence-electron chi connectivity index (χ0n) is 11.8. The van der Waals surface area contributed by atoms with Crippen molar-refractivity contribution in [2.75, 3.05) is 13.1 Å². The van der Waals surface area contributed by atoms with Crippen LogP contribution in [0.5, 0.6) is 0 Å². The van der Waals surface area contributed by atoms with Gasteiger partial charge in [-0.2, -0.15) is 0 Å². The van der Waals surface area contributed by atoms with Crippen LogP contribution < -0.4 is 5.32 Å². The monoisotopic (exact) mass is 279 g/mol. The first-order valence-electron chi connectivity index (χ1n) is 6.92. The van der Waals surface area contributed by atoms with Crippen molar-refractivity contribution in [2.24, 2.45) is 0 Å². The van der Waals surface area contributed by atoms with E-state index in [9.17, 15) is 9.59 Å². The lowest BCUT2D eigenvalue weighted by molar-refractivity contribution is -0.139. The fourth-order valence-electron chi connectivity index (χ4n) is 2.64. The van der Waals surface area contributed by atoms with Crippen LogP contribution in [0.2, 0.25) is 0 Å². The predicted molar refractivity (Wildman–Crippen MR) is 74.7 cm³/mol. The van der Waals surface area contributed by atoms with Gasteiger partial charge in [0.15, 0.2) is 0 Å². The normalized spacial score (nSPS) is 21.6. The number of carboxylic acid groups (broad SMARTS) is 1. The van der Waals surface area contributed by atoms with Crippen LogP contribution in [0.25, 0.3) is 0 Å². The summed E-state index contributed by atoms with van der Waals surface area (Å²) < 4.78 is 0. The topological polar surface area (TPSA) is 85.4 Å². The minimum Gasteiger partial charge on any atom is -0.480 e. The molecular weight excluding hydrogens is 258 g/mol. The number of carbonyl (C=O) groups is 2. The molecule has 6 heteroatoms. The molecule has 0 atom stereocenters. The maximum Gasteiger partial charge on any atom is 0.317 e. The van der Waals surface area contributed by atoms with Crippen LogP contribution in [0.1, 0.15) is 35.8 Å². The number of aromatic amines is 1. The number of H-pyrrole nitrogens is 1. The van der Waals surface area contributed by atoms with Gasteiger partial charge >= 0.3 is 5.97 Å². The molecule has 0 spiro atoms. The fourth-order valence-corrected chi connectivity index (χ4v) is 2.64. The second-order valence-corrected chi connectivity index (χ2v) is 5.27. The SMILES string of the molecule is CCN(CC(=O)O)C1CC(NC(=O)c2cc[nH]c2C)C1. The lowest BCUT2D eigenvalue weighted by atomic mass is 9.85. The van der Waals surface area contributed by atoms with E-state index in [-0.39, 0.29) is 24.5 Å². The first kappa shape index (κ1) is 14.6. The number of amides is 1. The maximum absolute atomic E-state index is 12.0. The Labute approximate surface area is 118 Å². The van der Waals surface area contributed by atoms with Crippen LogP contribution in [0.3, 0.4) is 0 Å². The molecule has 1 aliphatic carbocycles. The van der Waals surface area contributed by atoms with Gasteiger partial charge in [-0.15, -0.1) is 0 Å². The van der Waals surface area contributed by atoms with E-state index in [1.165, 1.54) is 0 Å². The molecule has 0 unspecified atom stereocenters. The third kappa shape index (κ3) is 3.19. The summed E-state index contributed by atoms with van der Waals surface area (Å²) in [5, 5.41) is 11.8. The molecule has 1 saturated carbocycles. The summed E-state index contributed by atoms with van der Waals surface area (Å²) >= 11 is 0. The quantitative estimate of drug-likeness (QED) is 0.725. The number of hydrogen-bond acceptors (Lipinski definition) is 3. The number of likely N-dealkylation sites (N-methyl/N-ethyl adjacent to an activating group) is 1. The maximum atomic E-state index is 12.0. The van der Waals surface area contributed by atoms with E-state index in [2.05, 4.69) is 10.3 Å². The Hall–Kier alpha value is -1.82. The Morgan fingerprint density at radius 3 is 2.70 bits per heavy atom. The van der Waals surface area contributed by atoms with Gasteiger partial charge in [0, 0.05) is 24.0 Å². The Bertz CT molecular complexity index is 492. The van der Waals surface area contributed by atoms with Crippen molar-refractivity contribution in [1.82, 2.24) is 15.2 Å². The van der Waals surface area contributed by atoms with Crippen LogP contribution in [-0.2, 0) is 4.79 Å². The number of nitrogens with one attached hydrogen (secondary N) is 2. The average Bonchev–Trinajstić information content (AvgIpc) is 2.76. The highest BCUT2D eigenvalue weighted by atomic mass is 16.4. The third-order valence-corrected chi connectivity index (χ3v) is 3.91. The number of hydrogen-bond donors (Lipinski definition) is 3. The van der Waals surface area contributed by atoms with Gasteiger partial charge in [0.05, 0.1) is 12.1 Å². The predicted octanol–water partition coefficient (Wildman–Crippen LogP) is 0.990. The number of aryl methyl sites for hydroxylation is 1. The zero-order valence-corrected chi connectivity index (χ0v) is 11.8. The Kier molecular flexibility index (Phi) is 4.44. The standard InChI is InChI=1S/C14H21N3O3/c1-3-17(8-13(18)19)11-6-10(7-11)16-14(20)12-4-5-15-9(12)2/h4-5,10-11,15H,3,6-8H2,1-2H3,(H,16,20)(H,18,19). The van der Waals surface area contributed by atoms with Gasteiger partial charge in [0.25, 0.3) is 5.91 Å². The van der Waals surface area contributed by atoms with Crippen molar-refractivity contribution < 1.29 is 14.7 Å². The molecule has 3 N–H and O–H groups in total. The van der Waals surface area contributed by atoms with Crippen molar-refractivity contribution in [3.63, 3.8) is 0 Å². The molecule has 0 radical (unpaired) electrons. The molecule has 1 aromatic heterocycles. The van der Waals surface area contributed by atoms with Crippen molar-refractivity contribution in [3.8, 4) is 0 Å². The van der Waals surface area contributed by atoms with Crippen LogP contribution in [0, 0.1) is 6.92 Å². The van der Waals surface area contributed by atoms with Crippen LogP contribution >= 0.6 is 0 Å². The summed E-state index contributed by atoms with van der Waals surface area (Å²) in [6.45, 7) is 4.61. The van der Waals surface area contributed by atoms with E-state index in [4.69, 9.17) is 5.11 Å². The van der Waals surface area contributed by atoms with E-state index < -0.39 is 5.97 Å². The van der Waals surface area contributed by atoms with Gasteiger partial charge in [0.2, 0.25) is 0 Å². The highest BCUT2D eigenvalue weighted by Gasteiger charge is 2.34. The molecule has 1 heterocycles. The number of rotatable bonds is 6. The summed E-state index contributed by atoms with van der Waals surface area (Å²) in [5.74, 6) is -0.865. The van der Waals surface area contributed by atoms with E-state index in [0.29, 0.717) is 12.1 Å². The highest BCUT2D eigenvalue weighted by molar-refractivity contribution is 5.95. The molecule has 0 saturated heterocycles. The molecule has 6 nitrogen and oxygen atoms in total. The number of carbonyl (C=O) groups excluding carboxylic acids is 1. The minimum atomic E-state index is -0.803. The summed E-state index contributed by atoms with van der Waals surface area (Å²) in [5.41, 5.74) is 1.53. The molecule has 1 fully saturated rings.